The van der Waals surface area contributed by atoms with Crippen molar-refractivity contribution in [2.75, 3.05) is 0 Å². The number of carbonyl (C=O) groups excluding carboxylic acids is 1. The Bertz CT molecular complexity index is 510. The maximum absolute atomic E-state index is 12.1. The highest BCUT2D eigenvalue weighted by Gasteiger charge is 2.55. The Morgan fingerprint density at radius 1 is 1.11 bits per heavy atom. The Morgan fingerprint density at radius 3 is 2.63 bits per heavy atom. The highest BCUT2D eigenvalue weighted by Crippen LogP contribution is 2.57. The average Bonchev–Trinajstić information content (AvgIpc) is 3.02. The summed E-state index contributed by atoms with van der Waals surface area (Å²) in [6, 6.07) is 9.02. The van der Waals surface area contributed by atoms with Crippen molar-refractivity contribution in [2.45, 2.75) is 32.2 Å². The summed E-state index contributed by atoms with van der Waals surface area (Å²) < 4.78 is 0. The molecule has 3 aliphatic rings. The largest absolute Gasteiger partial charge is 0.291 e. The first-order valence-corrected chi connectivity index (χ1v) is 7.36. The summed E-state index contributed by atoms with van der Waals surface area (Å²) in [7, 11) is 0. The van der Waals surface area contributed by atoms with Gasteiger partial charge in [-0.2, -0.15) is 0 Å². The SMILES string of the molecule is Cc1ccc([C@@H]2NNC(=O)[C@@H]3[C@H]4CC[C@H](C4)[C@@H]32)cc1. The molecule has 1 aromatic carbocycles. The van der Waals surface area contributed by atoms with Crippen LogP contribution in [0, 0.1) is 30.6 Å². The van der Waals surface area contributed by atoms with E-state index in [1.807, 2.05) is 0 Å². The zero-order valence-electron chi connectivity index (χ0n) is 11.2. The maximum Gasteiger partial charge on any atom is 0.237 e. The Kier molecular flexibility index (Phi) is 2.46. The molecule has 1 heterocycles. The Hall–Kier alpha value is -1.35. The summed E-state index contributed by atoms with van der Waals surface area (Å²) in [5, 5.41) is 0. The van der Waals surface area contributed by atoms with Gasteiger partial charge in [-0.3, -0.25) is 10.2 Å². The van der Waals surface area contributed by atoms with Crippen molar-refractivity contribution in [1.29, 1.82) is 0 Å². The first-order valence-electron chi connectivity index (χ1n) is 7.36. The van der Waals surface area contributed by atoms with E-state index in [4.69, 9.17) is 0 Å². The van der Waals surface area contributed by atoms with Crippen molar-refractivity contribution >= 4 is 5.91 Å². The normalized spacial score (nSPS) is 40.1. The molecule has 1 amide bonds. The molecule has 100 valence electrons. The number of benzene rings is 1. The van der Waals surface area contributed by atoms with E-state index in [1.54, 1.807) is 0 Å². The molecule has 1 saturated heterocycles. The van der Waals surface area contributed by atoms with Gasteiger partial charge in [-0.1, -0.05) is 29.8 Å². The quantitative estimate of drug-likeness (QED) is 0.809. The summed E-state index contributed by atoms with van der Waals surface area (Å²) >= 11 is 0. The number of rotatable bonds is 1. The van der Waals surface area contributed by atoms with Crippen LogP contribution < -0.4 is 10.9 Å². The van der Waals surface area contributed by atoms with Gasteiger partial charge in [-0.25, -0.2) is 5.43 Å². The highest BCUT2D eigenvalue weighted by atomic mass is 16.2. The van der Waals surface area contributed by atoms with Crippen LogP contribution >= 0.6 is 0 Å². The second-order valence-corrected chi connectivity index (χ2v) is 6.46. The molecule has 0 spiro atoms. The summed E-state index contributed by atoms with van der Waals surface area (Å²) in [6.07, 6.45) is 3.82. The van der Waals surface area contributed by atoms with Crippen LogP contribution in [0.25, 0.3) is 0 Å². The van der Waals surface area contributed by atoms with Gasteiger partial charge in [0.05, 0.1) is 6.04 Å². The predicted molar refractivity (Wildman–Crippen MR) is 73.0 cm³/mol. The van der Waals surface area contributed by atoms with E-state index < -0.39 is 0 Å². The van der Waals surface area contributed by atoms with Crippen LogP contribution in [-0.4, -0.2) is 5.91 Å². The molecule has 2 N–H and O–H groups in total. The summed E-state index contributed by atoms with van der Waals surface area (Å²) in [5.74, 6) is 2.33. The van der Waals surface area contributed by atoms with E-state index in [1.165, 1.54) is 30.4 Å². The zero-order valence-corrected chi connectivity index (χ0v) is 11.2. The zero-order chi connectivity index (χ0) is 13.0. The fraction of sp³-hybridized carbons (Fsp3) is 0.562. The van der Waals surface area contributed by atoms with Gasteiger partial charge in [0.15, 0.2) is 0 Å². The lowest BCUT2D eigenvalue weighted by atomic mass is 9.72. The number of fused-ring (bicyclic) bond motifs is 5. The van der Waals surface area contributed by atoms with Gasteiger partial charge >= 0.3 is 0 Å². The number of hydrogen-bond acceptors (Lipinski definition) is 2. The molecule has 0 aromatic heterocycles. The second-order valence-electron chi connectivity index (χ2n) is 6.46. The molecule has 0 unspecified atom stereocenters. The van der Waals surface area contributed by atoms with Gasteiger partial charge in [-0.05, 0) is 49.5 Å². The van der Waals surface area contributed by atoms with Crippen molar-refractivity contribution < 1.29 is 4.79 Å². The van der Waals surface area contributed by atoms with E-state index in [-0.39, 0.29) is 11.8 Å². The van der Waals surface area contributed by atoms with Crippen LogP contribution in [0.15, 0.2) is 24.3 Å². The fourth-order valence-corrected chi connectivity index (χ4v) is 4.61. The van der Waals surface area contributed by atoms with Crippen LogP contribution in [0.4, 0.5) is 0 Å². The summed E-state index contributed by atoms with van der Waals surface area (Å²) in [4.78, 5) is 12.1. The molecule has 2 saturated carbocycles. The Morgan fingerprint density at radius 2 is 1.84 bits per heavy atom. The van der Waals surface area contributed by atoms with Gasteiger partial charge < -0.3 is 0 Å². The summed E-state index contributed by atoms with van der Waals surface area (Å²) in [6.45, 7) is 2.11. The third kappa shape index (κ3) is 1.64. The van der Waals surface area contributed by atoms with Crippen LogP contribution in [0.3, 0.4) is 0 Å². The summed E-state index contributed by atoms with van der Waals surface area (Å²) in [5.41, 5.74) is 8.77. The van der Waals surface area contributed by atoms with E-state index in [9.17, 15) is 4.79 Å². The van der Waals surface area contributed by atoms with Crippen molar-refractivity contribution in [3.63, 3.8) is 0 Å². The van der Waals surface area contributed by atoms with Gasteiger partial charge in [0.25, 0.3) is 0 Å². The Labute approximate surface area is 113 Å². The average molecular weight is 256 g/mol. The standard InChI is InChI=1S/C16H20N2O/c1-9-2-4-10(5-3-9)15-13-11-6-7-12(8-11)14(13)16(19)18-17-15/h2-5,11-15,17H,6-8H2,1H3,(H,18,19)/t11-,12+,13+,14-,15+/m1/s1. The molecule has 4 rings (SSSR count). The lowest BCUT2D eigenvalue weighted by Crippen LogP contribution is -2.55. The monoisotopic (exact) mass is 256 g/mol. The van der Waals surface area contributed by atoms with E-state index in [0.717, 1.165) is 5.92 Å². The molecule has 19 heavy (non-hydrogen) atoms. The molecule has 5 atom stereocenters. The molecule has 1 aliphatic heterocycles. The minimum absolute atomic E-state index is 0.223. The molecular weight excluding hydrogens is 236 g/mol. The molecule has 3 heteroatoms. The van der Waals surface area contributed by atoms with E-state index in [2.05, 4.69) is 42.0 Å². The predicted octanol–water partition coefficient (Wildman–Crippen LogP) is 2.33. The minimum atomic E-state index is 0.223. The maximum atomic E-state index is 12.1. The van der Waals surface area contributed by atoms with Crippen molar-refractivity contribution in [3.8, 4) is 0 Å². The van der Waals surface area contributed by atoms with Crippen molar-refractivity contribution in [3.05, 3.63) is 35.4 Å². The van der Waals surface area contributed by atoms with E-state index >= 15 is 0 Å². The number of hydrogen-bond donors (Lipinski definition) is 2. The second kappa shape index (κ2) is 4.07. The number of carbonyl (C=O) groups is 1. The number of aryl methyl sites for hydroxylation is 1. The van der Waals surface area contributed by atoms with Crippen LogP contribution in [0.1, 0.15) is 36.4 Å². The molecule has 2 aliphatic carbocycles. The number of nitrogens with one attached hydrogen (secondary N) is 2. The van der Waals surface area contributed by atoms with Gasteiger partial charge in [0.1, 0.15) is 0 Å². The minimum Gasteiger partial charge on any atom is -0.291 e. The lowest BCUT2D eigenvalue weighted by molar-refractivity contribution is -0.134. The molecular formula is C16H20N2O. The molecule has 1 aromatic rings. The molecule has 3 nitrogen and oxygen atoms in total. The van der Waals surface area contributed by atoms with Crippen molar-refractivity contribution in [1.82, 2.24) is 10.9 Å². The Balaban J connectivity index is 1.69. The van der Waals surface area contributed by atoms with Crippen molar-refractivity contribution in [2.24, 2.45) is 23.7 Å². The number of amides is 1. The molecule has 0 radical (unpaired) electrons. The third-order valence-corrected chi connectivity index (χ3v) is 5.46. The smallest absolute Gasteiger partial charge is 0.237 e. The van der Waals surface area contributed by atoms with Gasteiger partial charge in [0, 0.05) is 5.92 Å². The van der Waals surface area contributed by atoms with Crippen LogP contribution in [0.2, 0.25) is 0 Å². The van der Waals surface area contributed by atoms with Gasteiger partial charge in [0.2, 0.25) is 5.91 Å². The third-order valence-electron chi connectivity index (χ3n) is 5.46. The topological polar surface area (TPSA) is 41.1 Å². The first-order chi connectivity index (χ1) is 9.24. The number of hydrazine groups is 1. The van der Waals surface area contributed by atoms with Crippen LogP contribution in [0.5, 0.6) is 0 Å². The first kappa shape index (κ1) is 11.5. The lowest BCUT2D eigenvalue weighted by Gasteiger charge is -2.41. The van der Waals surface area contributed by atoms with Gasteiger partial charge in [-0.15, -0.1) is 0 Å². The molecule has 3 fully saturated rings. The molecule has 2 bridgehead atoms. The van der Waals surface area contributed by atoms with Crippen LogP contribution in [-0.2, 0) is 4.79 Å². The highest BCUT2D eigenvalue weighted by molar-refractivity contribution is 5.80. The van der Waals surface area contributed by atoms with E-state index in [0.29, 0.717) is 17.9 Å². The fourth-order valence-electron chi connectivity index (χ4n) is 4.61.